The number of para-hydroxylation sites is 1. The molecule has 1 spiro atoms. The number of hydrogen-bond donors (Lipinski definition) is 1. The van der Waals surface area contributed by atoms with Crippen molar-refractivity contribution in [1.29, 1.82) is 0 Å². The maximum atomic E-state index is 13.4. The summed E-state index contributed by atoms with van der Waals surface area (Å²) in [6.45, 7) is 21.5. The number of amides is 2. The van der Waals surface area contributed by atoms with Crippen LogP contribution in [0, 0.1) is 5.92 Å². The van der Waals surface area contributed by atoms with Gasteiger partial charge >= 0.3 is 6.03 Å². The first-order valence-electron chi connectivity index (χ1n) is 13.5. The lowest BCUT2D eigenvalue weighted by Crippen LogP contribution is -2.72. The van der Waals surface area contributed by atoms with Crippen LogP contribution in [-0.2, 0) is 4.74 Å². The first kappa shape index (κ1) is 25.0. The second-order valence-corrected chi connectivity index (χ2v) is 13.0. The van der Waals surface area contributed by atoms with E-state index in [4.69, 9.17) is 4.74 Å². The average Bonchev–Trinajstić information content (AvgIpc) is 3.14. The molecule has 0 aliphatic carbocycles. The van der Waals surface area contributed by atoms with E-state index >= 15 is 0 Å². The molecule has 4 unspecified atom stereocenters. The second kappa shape index (κ2) is 9.02. The van der Waals surface area contributed by atoms with Crippen molar-refractivity contribution in [3.63, 3.8) is 0 Å². The van der Waals surface area contributed by atoms with Gasteiger partial charge in [0.25, 0.3) is 0 Å². The van der Waals surface area contributed by atoms with Gasteiger partial charge in [-0.1, -0.05) is 18.2 Å². The number of carbonyl (C=O) groups is 1. The molecule has 4 saturated heterocycles. The summed E-state index contributed by atoms with van der Waals surface area (Å²) in [5, 5.41) is 3.25. The Hall–Kier alpha value is -1.67. The Morgan fingerprint density at radius 3 is 2.29 bits per heavy atom. The van der Waals surface area contributed by atoms with Crippen molar-refractivity contribution >= 4 is 11.7 Å². The van der Waals surface area contributed by atoms with Crippen LogP contribution >= 0.6 is 0 Å². The van der Waals surface area contributed by atoms with Crippen LogP contribution < -0.4 is 10.2 Å². The van der Waals surface area contributed by atoms with Crippen molar-refractivity contribution in [3.05, 3.63) is 30.3 Å². The van der Waals surface area contributed by atoms with Crippen LogP contribution in [0.1, 0.15) is 48.0 Å². The highest BCUT2D eigenvalue weighted by Gasteiger charge is 2.59. The largest absolute Gasteiger partial charge is 0.375 e. The fourth-order valence-electron chi connectivity index (χ4n) is 6.92. The SMILES string of the molecule is CC(C)(C)N1CCN2CCOC(C3CN(C(C)(C)C)CCC34CNC(=O)N4c3ccccc3)C2C1. The number of hydrogen-bond acceptors (Lipinski definition) is 5. The van der Waals surface area contributed by atoms with Gasteiger partial charge in [0.05, 0.1) is 18.2 Å². The maximum absolute atomic E-state index is 13.4. The molecule has 7 nitrogen and oxygen atoms in total. The van der Waals surface area contributed by atoms with Gasteiger partial charge in [0, 0.05) is 74.5 Å². The molecule has 1 N–H and O–H groups in total. The highest BCUT2D eigenvalue weighted by atomic mass is 16.5. The lowest BCUT2D eigenvalue weighted by molar-refractivity contribution is -0.151. The molecular weight excluding hydrogens is 438 g/mol. The van der Waals surface area contributed by atoms with Crippen LogP contribution in [0.4, 0.5) is 10.5 Å². The van der Waals surface area contributed by atoms with E-state index in [1.165, 1.54) is 0 Å². The molecule has 0 saturated carbocycles. The summed E-state index contributed by atoms with van der Waals surface area (Å²) in [6, 6.07) is 10.6. The molecule has 7 heteroatoms. The van der Waals surface area contributed by atoms with Gasteiger partial charge in [-0.3, -0.25) is 19.6 Å². The van der Waals surface area contributed by atoms with Crippen molar-refractivity contribution in [2.75, 3.05) is 57.3 Å². The predicted octanol–water partition coefficient (Wildman–Crippen LogP) is 3.26. The van der Waals surface area contributed by atoms with Crippen LogP contribution in [0.2, 0.25) is 0 Å². The van der Waals surface area contributed by atoms with Gasteiger partial charge in [-0.25, -0.2) is 4.79 Å². The Bertz CT molecular complexity index is 910. The number of benzene rings is 1. The van der Waals surface area contributed by atoms with Gasteiger partial charge in [-0.15, -0.1) is 0 Å². The number of anilines is 1. The normalized spacial score (nSPS) is 33.7. The number of rotatable bonds is 2. The number of nitrogens with one attached hydrogen (secondary N) is 1. The zero-order valence-corrected chi connectivity index (χ0v) is 22.6. The van der Waals surface area contributed by atoms with Crippen molar-refractivity contribution in [2.24, 2.45) is 5.92 Å². The lowest BCUT2D eigenvalue weighted by atomic mass is 9.70. The Morgan fingerprint density at radius 1 is 0.914 bits per heavy atom. The topological polar surface area (TPSA) is 51.3 Å². The monoisotopic (exact) mass is 483 g/mol. The Balaban J connectivity index is 1.55. The van der Waals surface area contributed by atoms with Crippen LogP contribution in [0.25, 0.3) is 0 Å². The van der Waals surface area contributed by atoms with Crippen LogP contribution in [0.5, 0.6) is 0 Å². The summed E-state index contributed by atoms with van der Waals surface area (Å²) in [7, 11) is 0. The maximum Gasteiger partial charge on any atom is 0.322 e. The molecule has 4 atom stereocenters. The molecule has 1 aromatic rings. The van der Waals surface area contributed by atoms with E-state index < -0.39 is 0 Å². The molecule has 4 heterocycles. The van der Waals surface area contributed by atoms with Crippen molar-refractivity contribution in [2.45, 2.75) is 76.7 Å². The van der Waals surface area contributed by atoms with E-state index in [0.29, 0.717) is 12.6 Å². The van der Waals surface area contributed by atoms with Gasteiger partial charge in [-0.2, -0.15) is 0 Å². The minimum Gasteiger partial charge on any atom is -0.375 e. The number of piperazine rings is 1. The van der Waals surface area contributed by atoms with Gasteiger partial charge in [0.2, 0.25) is 0 Å². The van der Waals surface area contributed by atoms with E-state index in [9.17, 15) is 4.79 Å². The average molecular weight is 484 g/mol. The third-order valence-corrected chi connectivity index (χ3v) is 9.03. The van der Waals surface area contributed by atoms with Crippen LogP contribution in [-0.4, -0.2) is 102 Å². The first-order chi connectivity index (χ1) is 16.5. The number of piperidine rings is 1. The van der Waals surface area contributed by atoms with Gasteiger partial charge in [0.1, 0.15) is 0 Å². The number of carbonyl (C=O) groups excluding carboxylic acids is 1. The number of likely N-dealkylation sites (tertiary alicyclic amines) is 1. The third-order valence-electron chi connectivity index (χ3n) is 9.03. The number of morpholine rings is 1. The molecule has 4 fully saturated rings. The summed E-state index contributed by atoms with van der Waals surface area (Å²) in [6.07, 6.45) is 1.02. The number of nitrogens with zero attached hydrogens (tertiary/aromatic N) is 4. The number of fused-ring (bicyclic) bond motifs is 1. The molecule has 1 aromatic carbocycles. The van der Waals surface area contributed by atoms with E-state index in [0.717, 1.165) is 58.0 Å². The Kier molecular flexibility index (Phi) is 6.44. The van der Waals surface area contributed by atoms with E-state index in [1.54, 1.807) is 0 Å². The van der Waals surface area contributed by atoms with E-state index in [2.05, 4.69) is 78.6 Å². The molecule has 4 aliphatic rings. The molecule has 35 heavy (non-hydrogen) atoms. The summed E-state index contributed by atoms with van der Waals surface area (Å²) >= 11 is 0. The smallest absolute Gasteiger partial charge is 0.322 e. The number of urea groups is 1. The van der Waals surface area contributed by atoms with Crippen LogP contribution in [0.3, 0.4) is 0 Å². The highest BCUT2D eigenvalue weighted by molar-refractivity contribution is 5.96. The number of ether oxygens (including phenoxy) is 1. The Labute approximate surface area is 211 Å². The van der Waals surface area contributed by atoms with Gasteiger partial charge < -0.3 is 10.1 Å². The minimum absolute atomic E-state index is 0.0260. The van der Waals surface area contributed by atoms with Crippen LogP contribution in [0.15, 0.2) is 30.3 Å². The standard InChI is InChI=1S/C28H45N5O2/c1-26(2,3)31-13-12-28(20-29-25(34)33(28)21-10-8-7-9-11-21)22(18-31)24-23-19-32(27(4,5)6)15-14-30(23)16-17-35-24/h7-11,22-24H,12-20H2,1-6H3,(H,29,34). The fraction of sp³-hybridized carbons (Fsp3) is 0.750. The lowest BCUT2D eigenvalue weighted by Gasteiger charge is -2.58. The second-order valence-electron chi connectivity index (χ2n) is 13.0. The minimum atomic E-state index is -0.294. The van der Waals surface area contributed by atoms with Crippen molar-refractivity contribution < 1.29 is 9.53 Å². The third kappa shape index (κ3) is 4.50. The summed E-state index contributed by atoms with van der Waals surface area (Å²) in [4.78, 5) is 23.4. The quantitative estimate of drug-likeness (QED) is 0.700. The molecule has 0 radical (unpaired) electrons. The summed E-state index contributed by atoms with van der Waals surface area (Å²) in [5.74, 6) is 0.211. The molecule has 4 aliphatic heterocycles. The van der Waals surface area contributed by atoms with E-state index in [-0.39, 0.29) is 34.7 Å². The zero-order chi connectivity index (χ0) is 25.0. The van der Waals surface area contributed by atoms with Crippen molar-refractivity contribution in [1.82, 2.24) is 20.0 Å². The first-order valence-corrected chi connectivity index (χ1v) is 13.5. The molecular formula is C28H45N5O2. The summed E-state index contributed by atoms with van der Waals surface area (Å²) < 4.78 is 6.75. The van der Waals surface area contributed by atoms with Gasteiger partial charge in [0.15, 0.2) is 0 Å². The summed E-state index contributed by atoms with van der Waals surface area (Å²) in [5.41, 5.74) is 0.907. The van der Waals surface area contributed by atoms with E-state index in [1.807, 2.05) is 18.2 Å². The molecule has 2 amide bonds. The molecule has 5 rings (SSSR count). The van der Waals surface area contributed by atoms with Crippen molar-refractivity contribution in [3.8, 4) is 0 Å². The molecule has 0 bridgehead atoms. The molecule has 0 aromatic heterocycles. The fourth-order valence-corrected chi connectivity index (χ4v) is 6.92. The zero-order valence-electron chi connectivity index (χ0n) is 22.6. The Morgan fingerprint density at radius 2 is 1.60 bits per heavy atom. The molecule has 194 valence electrons. The predicted molar refractivity (Wildman–Crippen MR) is 141 cm³/mol. The van der Waals surface area contributed by atoms with Gasteiger partial charge in [-0.05, 0) is 60.1 Å². The highest BCUT2D eigenvalue weighted by Crippen LogP contribution is 2.45.